The second-order valence-electron chi connectivity index (χ2n) is 4.32. The zero-order valence-corrected chi connectivity index (χ0v) is 13.4. The molecule has 20 heavy (non-hydrogen) atoms. The predicted molar refractivity (Wildman–Crippen MR) is 86.4 cm³/mol. The molecule has 1 rings (SSSR count). The average molecular weight is 312 g/mol. The first-order chi connectivity index (χ1) is 9.31. The van der Waals surface area contributed by atoms with Crippen LogP contribution in [0, 0.1) is 10.1 Å². The van der Waals surface area contributed by atoms with Crippen LogP contribution in [0.15, 0.2) is 34.2 Å². The van der Waals surface area contributed by atoms with E-state index >= 15 is 0 Å². The Morgan fingerprint density at radius 3 is 2.40 bits per heavy atom. The summed E-state index contributed by atoms with van der Waals surface area (Å²) < 4.78 is 0.405. The van der Waals surface area contributed by atoms with E-state index in [1.54, 1.807) is 12.1 Å². The van der Waals surface area contributed by atoms with Gasteiger partial charge in [0.1, 0.15) is 0 Å². The molecule has 0 saturated heterocycles. The van der Waals surface area contributed by atoms with E-state index in [1.807, 2.05) is 38.0 Å². The highest BCUT2D eigenvalue weighted by Crippen LogP contribution is 2.24. The number of thioether (sulfide) groups is 1. The first-order valence-electron chi connectivity index (χ1n) is 5.71. The van der Waals surface area contributed by atoms with Crippen molar-refractivity contribution in [3.63, 3.8) is 0 Å². The average Bonchev–Trinajstić information content (AvgIpc) is 2.35. The summed E-state index contributed by atoms with van der Waals surface area (Å²) in [5.74, 6) is 0.716. The van der Waals surface area contributed by atoms with Crippen molar-refractivity contribution in [3.8, 4) is 0 Å². The number of guanidine groups is 1. The quantitative estimate of drug-likeness (QED) is 0.209. The van der Waals surface area contributed by atoms with Crippen LogP contribution in [0.5, 0.6) is 0 Å². The topological polar surface area (TPSA) is 62.0 Å². The van der Waals surface area contributed by atoms with Gasteiger partial charge in [0.25, 0.3) is 5.69 Å². The van der Waals surface area contributed by atoms with E-state index in [4.69, 9.17) is 12.2 Å². The summed E-state index contributed by atoms with van der Waals surface area (Å²) >= 11 is 6.44. The molecule has 0 aliphatic carbocycles. The molecular weight excluding hydrogens is 296 g/mol. The van der Waals surface area contributed by atoms with Gasteiger partial charge in [0.15, 0.2) is 4.32 Å². The SMILES string of the molecule is CN(C)C(=NC(=S)Sc1cccc([N+](=O)[O-])c1)N(C)C. The number of nitro benzene ring substituents is 1. The van der Waals surface area contributed by atoms with Crippen LogP contribution in [-0.2, 0) is 0 Å². The van der Waals surface area contributed by atoms with Crippen LogP contribution in [-0.4, -0.2) is 53.2 Å². The van der Waals surface area contributed by atoms with Crippen molar-refractivity contribution in [1.82, 2.24) is 9.80 Å². The molecule has 0 aromatic heterocycles. The van der Waals surface area contributed by atoms with E-state index in [0.29, 0.717) is 15.2 Å². The Labute approximate surface area is 127 Å². The van der Waals surface area contributed by atoms with Gasteiger partial charge in [-0.15, -0.1) is 0 Å². The van der Waals surface area contributed by atoms with Crippen LogP contribution in [0.1, 0.15) is 0 Å². The zero-order chi connectivity index (χ0) is 15.3. The van der Waals surface area contributed by atoms with Crippen LogP contribution in [0.2, 0.25) is 0 Å². The van der Waals surface area contributed by atoms with Gasteiger partial charge in [0.2, 0.25) is 5.96 Å². The molecule has 0 amide bonds. The predicted octanol–water partition coefficient (Wildman–Crippen LogP) is 2.45. The molecule has 0 unspecified atom stereocenters. The van der Waals surface area contributed by atoms with E-state index in [2.05, 4.69) is 4.99 Å². The van der Waals surface area contributed by atoms with E-state index < -0.39 is 4.92 Å². The Balaban J connectivity index is 2.88. The lowest BCUT2D eigenvalue weighted by Gasteiger charge is -2.22. The molecule has 0 saturated carbocycles. The molecule has 0 bridgehead atoms. The van der Waals surface area contributed by atoms with Gasteiger partial charge in [-0.2, -0.15) is 4.99 Å². The minimum atomic E-state index is -0.429. The van der Waals surface area contributed by atoms with Crippen LogP contribution in [0.4, 0.5) is 5.69 Å². The fourth-order valence-electron chi connectivity index (χ4n) is 1.47. The fraction of sp³-hybridized carbons (Fsp3) is 0.333. The maximum absolute atomic E-state index is 10.7. The third-order valence-electron chi connectivity index (χ3n) is 2.22. The third-order valence-corrected chi connectivity index (χ3v) is 3.32. The normalized spacial score (nSPS) is 9.80. The van der Waals surface area contributed by atoms with Gasteiger partial charge in [-0.1, -0.05) is 17.8 Å². The molecule has 0 aliphatic heterocycles. The number of aliphatic imine (C=N–C) groups is 1. The molecule has 1 aromatic rings. The number of nitrogens with zero attached hydrogens (tertiary/aromatic N) is 4. The first kappa shape index (κ1) is 16.4. The van der Waals surface area contributed by atoms with Crippen molar-refractivity contribution >= 4 is 39.9 Å². The van der Waals surface area contributed by atoms with E-state index in [-0.39, 0.29) is 5.69 Å². The lowest BCUT2D eigenvalue weighted by molar-refractivity contribution is -0.385. The molecule has 0 spiro atoms. The lowest BCUT2D eigenvalue weighted by atomic mass is 10.3. The van der Waals surface area contributed by atoms with Crippen molar-refractivity contribution in [1.29, 1.82) is 0 Å². The molecule has 0 atom stereocenters. The third kappa shape index (κ3) is 4.78. The van der Waals surface area contributed by atoms with Crippen LogP contribution < -0.4 is 0 Å². The van der Waals surface area contributed by atoms with Crippen molar-refractivity contribution in [2.24, 2.45) is 4.99 Å². The van der Waals surface area contributed by atoms with Crippen molar-refractivity contribution in [2.75, 3.05) is 28.2 Å². The van der Waals surface area contributed by atoms with Crippen LogP contribution in [0.25, 0.3) is 0 Å². The molecule has 108 valence electrons. The molecule has 0 aliphatic rings. The zero-order valence-electron chi connectivity index (χ0n) is 11.7. The number of nitro groups is 1. The maximum atomic E-state index is 10.7. The highest BCUT2D eigenvalue weighted by atomic mass is 32.2. The van der Waals surface area contributed by atoms with E-state index in [9.17, 15) is 10.1 Å². The monoisotopic (exact) mass is 312 g/mol. The molecule has 0 N–H and O–H groups in total. The summed E-state index contributed by atoms with van der Waals surface area (Å²) in [4.78, 5) is 19.0. The van der Waals surface area contributed by atoms with Crippen LogP contribution >= 0.6 is 24.0 Å². The molecule has 0 radical (unpaired) electrons. The summed E-state index contributed by atoms with van der Waals surface area (Å²) in [7, 11) is 7.50. The Kier molecular flexibility index (Phi) is 5.90. The number of benzene rings is 1. The number of rotatable bonds is 2. The molecule has 1 aromatic carbocycles. The summed E-state index contributed by atoms with van der Waals surface area (Å²) in [6, 6.07) is 6.33. The second kappa shape index (κ2) is 7.20. The van der Waals surface area contributed by atoms with Gasteiger partial charge in [-0.05, 0) is 18.3 Å². The van der Waals surface area contributed by atoms with Crippen molar-refractivity contribution in [2.45, 2.75) is 4.90 Å². The number of hydrogen-bond donors (Lipinski definition) is 0. The first-order valence-corrected chi connectivity index (χ1v) is 6.93. The molecular formula is C12H16N4O2S2. The van der Waals surface area contributed by atoms with Crippen molar-refractivity contribution < 1.29 is 4.92 Å². The van der Waals surface area contributed by atoms with Gasteiger partial charge < -0.3 is 9.80 Å². The molecule has 0 heterocycles. The number of non-ortho nitro benzene ring substituents is 1. The van der Waals surface area contributed by atoms with Gasteiger partial charge >= 0.3 is 0 Å². The maximum Gasteiger partial charge on any atom is 0.270 e. The standard InChI is InChI=1S/C12H16N4O2S2/c1-14(2)11(15(3)4)13-12(19)20-10-7-5-6-9(8-10)16(17)18/h5-8H,1-4H3. The second-order valence-corrected chi connectivity index (χ2v) is 6.03. The van der Waals surface area contributed by atoms with Gasteiger partial charge in [0.05, 0.1) is 4.92 Å². The Morgan fingerprint density at radius 1 is 1.30 bits per heavy atom. The fourth-order valence-corrected chi connectivity index (χ4v) is 2.49. The number of hydrogen-bond acceptors (Lipinski definition) is 4. The highest BCUT2D eigenvalue weighted by Gasteiger charge is 2.10. The van der Waals surface area contributed by atoms with E-state index in [1.165, 1.54) is 23.9 Å². The minimum absolute atomic E-state index is 0.0437. The summed E-state index contributed by atoms with van der Waals surface area (Å²) in [5, 5.41) is 10.7. The van der Waals surface area contributed by atoms with Gasteiger partial charge in [0, 0.05) is 45.2 Å². The molecule has 0 fully saturated rings. The minimum Gasteiger partial charge on any atom is -0.349 e. The Bertz CT molecular complexity index is 534. The van der Waals surface area contributed by atoms with Gasteiger partial charge in [-0.25, -0.2) is 0 Å². The summed E-state index contributed by atoms with van der Waals surface area (Å²) in [5.41, 5.74) is 0.0437. The Morgan fingerprint density at radius 2 is 1.90 bits per heavy atom. The molecule has 8 heteroatoms. The largest absolute Gasteiger partial charge is 0.349 e. The van der Waals surface area contributed by atoms with Crippen LogP contribution in [0.3, 0.4) is 0 Å². The summed E-state index contributed by atoms with van der Waals surface area (Å²) in [6.45, 7) is 0. The Hall–Kier alpha value is -1.67. The highest BCUT2D eigenvalue weighted by molar-refractivity contribution is 8.23. The number of thiocarbonyl (C=S) groups is 1. The lowest BCUT2D eigenvalue weighted by Crippen LogP contribution is -2.35. The van der Waals surface area contributed by atoms with Crippen molar-refractivity contribution in [3.05, 3.63) is 34.4 Å². The molecule has 6 nitrogen and oxygen atoms in total. The smallest absolute Gasteiger partial charge is 0.270 e. The van der Waals surface area contributed by atoms with Gasteiger partial charge in [-0.3, -0.25) is 10.1 Å². The summed E-state index contributed by atoms with van der Waals surface area (Å²) in [6.07, 6.45) is 0. The van der Waals surface area contributed by atoms with E-state index in [0.717, 1.165) is 0 Å².